The number of benzene rings is 1. The van der Waals surface area contributed by atoms with Crippen LogP contribution in [0.5, 0.6) is 0 Å². The molecule has 1 N–H and O–H groups in total. The van der Waals surface area contributed by atoms with E-state index in [2.05, 4.69) is 16.1 Å². The van der Waals surface area contributed by atoms with Gasteiger partial charge in [0.15, 0.2) is 0 Å². The summed E-state index contributed by atoms with van der Waals surface area (Å²) in [6.07, 6.45) is 0. The molecule has 1 aromatic carbocycles. The van der Waals surface area contributed by atoms with Gasteiger partial charge in [-0.05, 0) is 38.1 Å². The second kappa shape index (κ2) is 5.90. The first-order chi connectivity index (χ1) is 8.08. The van der Waals surface area contributed by atoms with Crippen molar-refractivity contribution in [3.8, 4) is 6.07 Å². The van der Waals surface area contributed by atoms with Gasteiger partial charge in [0, 0.05) is 11.7 Å². The van der Waals surface area contributed by atoms with Crippen molar-refractivity contribution in [2.75, 3.05) is 12.4 Å². The number of anilines is 1. The smallest absolute Gasteiger partial charge is 0.310 e. The maximum Gasteiger partial charge on any atom is 0.310 e. The molecule has 0 aliphatic carbocycles. The summed E-state index contributed by atoms with van der Waals surface area (Å²) in [5.41, 5.74) is 1.50. The summed E-state index contributed by atoms with van der Waals surface area (Å²) in [4.78, 5) is 11.3. The largest absolute Gasteiger partial charge is 0.469 e. The van der Waals surface area contributed by atoms with Crippen molar-refractivity contribution in [1.82, 2.24) is 0 Å². The first-order valence-electron chi connectivity index (χ1n) is 5.43. The van der Waals surface area contributed by atoms with Crippen LogP contribution in [0.15, 0.2) is 24.3 Å². The normalized spacial score (nSPS) is 13.3. The third-order valence-corrected chi connectivity index (χ3v) is 2.73. The maximum atomic E-state index is 11.3. The van der Waals surface area contributed by atoms with Gasteiger partial charge in [-0.15, -0.1) is 0 Å². The number of nitriles is 1. The Morgan fingerprint density at radius 3 is 2.41 bits per heavy atom. The van der Waals surface area contributed by atoms with Gasteiger partial charge in [-0.3, -0.25) is 4.79 Å². The second-order valence-electron chi connectivity index (χ2n) is 3.93. The average molecular weight is 232 g/mol. The summed E-state index contributed by atoms with van der Waals surface area (Å²) in [7, 11) is 1.38. The molecule has 2 unspecified atom stereocenters. The van der Waals surface area contributed by atoms with Crippen LogP contribution >= 0.6 is 0 Å². The van der Waals surface area contributed by atoms with Crippen LogP contribution in [-0.2, 0) is 9.53 Å². The predicted octanol–water partition coefficient (Wildman–Crippen LogP) is 2.17. The fraction of sp³-hybridized carbons (Fsp3) is 0.385. The van der Waals surface area contributed by atoms with Crippen molar-refractivity contribution in [3.63, 3.8) is 0 Å². The molecule has 1 rings (SSSR count). The molecule has 0 aliphatic heterocycles. The molecule has 0 bridgehead atoms. The fourth-order valence-corrected chi connectivity index (χ4v) is 1.42. The van der Waals surface area contributed by atoms with E-state index in [0.717, 1.165) is 5.69 Å². The van der Waals surface area contributed by atoms with Gasteiger partial charge in [0.05, 0.1) is 24.7 Å². The van der Waals surface area contributed by atoms with Gasteiger partial charge >= 0.3 is 5.97 Å². The molecule has 1 aromatic rings. The molecule has 0 saturated heterocycles. The van der Waals surface area contributed by atoms with Crippen LogP contribution in [0.4, 0.5) is 5.69 Å². The second-order valence-corrected chi connectivity index (χ2v) is 3.93. The van der Waals surface area contributed by atoms with E-state index in [1.165, 1.54) is 7.11 Å². The van der Waals surface area contributed by atoms with E-state index >= 15 is 0 Å². The van der Waals surface area contributed by atoms with Gasteiger partial charge in [-0.2, -0.15) is 5.26 Å². The quantitative estimate of drug-likeness (QED) is 0.808. The van der Waals surface area contributed by atoms with Gasteiger partial charge < -0.3 is 10.1 Å². The highest BCUT2D eigenvalue weighted by Crippen LogP contribution is 2.14. The minimum atomic E-state index is -0.237. The Bertz CT molecular complexity index is 420. The first-order valence-corrected chi connectivity index (χ1v) is 5.43. The van der Waals surface area contributed by atoms with Gasteiger partial charge in [0.2, 0.25) is 0 Å². The van der Waals surface area contributed by atoms with Gasteiger partial charge in [-0.1, -0.05) is 0 Å². The van der Waals surface area contributed by atoms with E-state index in [9.17, 15) is 4.79 Å². The lowest BCUT2D eigenvalue weighted by Crippen LogP contribution is -2.30. The van der Waals surface area contributed by atoms with Crippen LogP contribution < -0.4 is 5.32 Å². The summed E-state index contributed by atoms with van der Waals surface area (Å²) >= 11 is 0. The minimum absolute atomic E-state index is 0.0321. The topological polar surface area (TPSA) is 62.1 Å². The average Bonchev–Trinajstić information content (AvgIpc) is 2.37. The summed E-state index contributed by atoms with van der Waals surface area (Å²) in [6.45, 7) is 3.73. The Morgan fingerprint density at radius 1 is 1.35 bits per heavy atom. The molecule has 0 saturated carbocycles. The summed E-state index contributed by atoms with van der Waals surface area (Å²) in [5.74, 6) is -0.464. The molecule has 0 spiro atoms. The number of carbonyl (C=O) groups excluding carboxylic acids is 1. The zero-order valence-electron chi connectivity index (χ0n) is 10.2. The highest BCUT2D eigenvalue weighted by Gasteiger charge is 2.20. The van der Waals surface area contributed by atoms with E-state index < -0.39 is 0 Å². The third kappa shape index (κ3) is 3.49. The van der Waals surface area contributed by atoms with Crippen molar-refractivity contribution < 1.29 is 9.53 Å². The third-order valence-electron chi connectivity index (χ3n) is 2.73. The number of hydrogen-bond donors (Lipinski definition) is 1. The zero-order valence-corrected chi connectivity index (χ0v) is 10.2. The number of rotatable bonds is 4. The van der Waals surface area contributed by atoms with Crippen molar-refractivity contribution in [3.05, 3.63) is 29.8 Å². The first kappa shape index (κ1) is 13.0. The number of nitrogens with one attached hydrogen (secondary N) is 1. The van der Waals surface area contributed by atoms with Crippen molar-refractivity contribution >= 4 is 11.7 Å². The molecule has 2 atom stereocenters. The monoisotopic (exact) mass is 232 g/mol. The summed E-state index contributed by atoms with van der Waals surface area (Å²) < 4.78 is 4.69. The Balaban J connectivity index is 2.64. The van der Waals surface area contributed by atoms with Crippen LogP contribution in [0.2, 0.25) is 0 Å². The Hall–Kier alpha value is -2.02. The highest BCUT2D eigenvalue weighted by molar-refractivity contribution is 5.73. The Labute approximate surface area is 101 Å². The SMILES string of the molecule is COC(=O)C(C)C(C)Nc1ccc(C#N)cc1. The summed E-state index contributed by atoms with van der Waals surface area (Å²) in [6, 6.07) is 9.13. The number of esters is 1. The molecule has 0 fully saturated rings. The molecule has 0 heterocycles. The van der Waals surface area contributed by atoms with E-state index in [4.69, 9.17) is 5.26 Å². The van der Waals surface area contributed by atoms with Crippen LogP contribution in [0.1, 0.15) is 19.4 Å². The molecule has 4 heteroatoms. The lowest BCUT2D eigenvalue weighted by molar-refractivity contribution is -0.145. The Morgan fingerprint density at radius 2 is 1.94 bits per heavy atom. The molecule has 90 valence electrons. The van der Waals surface area contributed by atoms with E-state index in [1.54, 1.807) is 12.1 Å². The lowest BCUT2D eigenvalue weighted by atomic mass is 10.0. The van der Waals surface area contributed by atoms with Crippen molar-refractivity contribution in [1.29, 1.82) is 5.26 Å². The molecule has 0 aromatic heterocycles. The molecular formula is C13H16N2O2. The fourth-order valence-electron chi connectivity index (χ4n) is 1.42. The molecule has 0 aliphatic rings. The molecule has 0 radical (unpaired) electrons. The number of nitrogens with zero attached hydrogens (tertiary/aromatic N) is 1. The number of hydrogen-bond acceptors (Lipinski definition) is 4. The van der Waals surface area contributed by atoms with Crippen LogP contribution in [0.3, 0.4) is 0 Å². The molecule has 4 nitrogen and oxygen atoms in total. The highest BCUT2D eigenvalue weighted by atomic mass is 16.5. The van der Waals surface area contributed by atoms with Gasteiger partial charge in [0.1, 0.15) is 0 Å². The van der Waals surface area contributed by atoms with Crippen LogP contribution in [-0.4, -0.2) is 19.1 Å². The zero-order chi connectivity index (χ0) is 12.8. The minimum Gasteiger partial charge on any atom is -0.469 e. The van der Waals surface area contributed by atoms with Crippen molar-refractivity contribution in [2.45, 2.75) is 19.9 Å². The van der Waals surface area contributed by atoms with Gasteiger partial charge in [-0.25, -0.2) is 0 Å². The van der Waals surface area contributed by atoms with Crippen LogP contribution in [0, 0.1) is 17.2 Å². The van der Waals surface area contributed by atoms with Crippen LogP contribution in [0.25, 0.3) is 0 Å². The maximum absolute atomic E-state index is 11.3. The van der Waals surface area contributed by atoms with Crippen molar-refractivity contribution in [2.24, 2.45) is 5.92 Å². The predicted molar refractivity (Wildman–Crippen MR) is 65.4 cm³/mol. The Kier molecular flexibility index (Phi) is 4.53. The number of methoxy groups -OCH3 is 1. The molecule has 0 amide bonds. The van der Waals surface area contributed by atoms with Gasteiger partial charge in [0.25, 0.3) is 0 Å². The molecule has 17 heavy (non-hydrogen) atoms. The summed E-state index contributed by atoms with van der Waals surface area (Å²) in [5, 5.41) is 11.9. The number of carbonyl (C=O) groups is 1. The lowest BCUT2D eigenvalue weighted by Gasteiger charge is -2.20. The number of ether oxygens (including phenoxy) is 1. The van der Waals surface area contributed by atoms with E-state index in [1.807, 2.05) is 26.0 Å². The standard InChI is InChI=1S/C13H16N2O2/c1-9(13(16)17-3)10(2)15-12-6-4-11(8-14)5-7-12/h4-7,9-10,15H,1-3H3. The van der Waals surface area contributed by atoms with E-state index in [-0.39, 0.29) is 17.9 Å². The molecular weight excluding hydrogens is 216 g/mol. The van der Waals surface area contributed by atoms with E-state index in [0.29, 0.717) is 5.56 Å².